The molecule has 2 aromatic rings. The first-order chi connectivity index (χ1) is 8.68. The first-order valence-electron chi connectivity index (χ1n) is 6.41. The minimum atomic E-state index is 0.294. The van der Waals surface area contributed by atoms with Gasteiger partial charge in [0.15, 0.2) is 0 Å². The third-order valence-corrected chi connectivity index (χ3v) is 2.86. The Morgan fingerprint density at radius 3 is 2.89 bits per heavy atom. The summed E-state index contributed by atoms with van der Waals surface area (Å²) < 4.78 is 7.41. The number of para-hydroxylation sites is 1. The molecule has 0 fully saturated rings. The zero-order chi connectivity index (χ0) is 13.0. The highest BCUT2D eigenvalue weighted by molar-refractivity contribution is 5.81. The van der Waals surface area contributed by atoms with Crippen LogP contribution < -0.4 is 5.32 Å². The lowest BCUT2D eigenvalue weighted by atomic mass is 10.2. The fraction of sp³-hybridized carbons (Fsp3) is 0.500. The highest BCUT2D eigenvalue weighted by atomic mass is 16.5. The monoisotopic (exact) mass is 247 g/mol. The highest BCUT2D eigenvalue weighted by Gasteiger charge is 2.06. The van der Waals surface area contributed by atoms with Crippen LogP contribution in [0.25, 0.3) is 10.9 Å². The summed E-state index contributed by atoms with van der Waals surface area (Å²) in [7, 11) is 1.98. The van der Waals surface area contributed by atoms with Crippen molar-refractivity contribution in [2.75, 3.05) is 13.2 Å². The van der Waals surface area contributed by atoms with E-state index in [1.54, 1.807) is 0 Å². The van der Waals surface area contributed by atoms with Gasteiger partial charge in [-0.05, 0) is 19.9 Å². The average molecular weight is 247 g/mol. The summed E-state index contributed by atoms with van der Waals surface area (Å²) in [4.78, 5) is 0. The number of nitrogens with zero attached hydrogens (tertiary/aromatic N) is 2. The van der Waals surface area contributed by atoms with Gasteiger partial charge in [0.1, 0.15) is 0 Å². The van der Waals surface area contributed by atoms with Crippen LogP contribution in [0, 0.1) is 0 Å². The molecule has 0 amide bonds. The lowest BCUT2D eigenvalue weighted by Crippen LogP contribution is -2.21. The second kappa shape index (κ2) is 5.98. The molecular formula is C14H21N3O. The summed E-state index contributed by atoms with van der Waals surface area (Å²) in [6.45, 7) is 6.47. The largest absolute Gasteiger partial charge is 0.377 e. The number of nitrogens with one attached hydrogen (secondary N) is 1. The third-order valence-electron chi connectivity index (χ3n) is 2.86. The van der Waals surface area contributed by atoms with Crippen LogP contribution in [0.2, 0.25) is 0 Å². The Kier molecular flexibility index (Phi) is 4.33. The molecule has 1 heterocycles. The van der Waals surface area contributed by atoms with Gasteiger partial charge in [0.05, 0.1) is 23.9 Å². The summed E-state index contributed by atoms with van der Waals surface area (Å²) in [5, 5.41) is 9.12. The van der Waals surface area contributed by atoms with Gasteiger partial charge in [-0.25, -0.2) is 0 Å². The number of ether oxygens (including phenoxy) is 1. The van der Waals surface area contributed by atoms with Gasteiger partial charge in [0.2, 0.25) is 0 Å². The second-order valence-electron chi connectivity index (χ2n) is 4.68. The second-order valence-corrected chi connectivity index (χ2v) is 4.68. The number of rotatable bonds is 6. The molecule has 4 heteroatoms. The molecule has 1 aromatic heterocycles. The van der Waals surface area contributed by atoms with Crippen molar-refractivity contribution in [2.45, 2.75) is 26.5 Å². The third kappa shape index (κ3) is 3.09. The van der Waals surface area contributed by atoms with Crippen molar-refractivity contribution in [3.05, 3.63) is 30.0 Å². The van der Waals surface area contributed by atoms with Gasteiger partial charge < -0.3 is 10.1 Å². The van der Waals surface area contributed by atoms with Crippen LogP contribution in [0.4, 0.5) is 0 Å². The zero-order valence-electron chi connectivity index (χ0n) is 11.3. The van der Waals surface area contributed by atoms with Gasteiger partial charge in [0.25, 0.3) is 0 Å². The summed E-state index contributed by atoms with van der Waals surface area (Å²) in [6.07, 6.45) is 0.294. The molecule has 0 saturated carbocycles. The first kappa shape index (κ1) is 13.1. The number of aromatic nitrogens is 2. The van der Waals surface area contributed by atoms with Crippen LogP contribution >= 0.6 is 0 Å². The fourth-order valence-electron chi connectivity index (χ4n) is 1.99. The number of hydrogen-bond acceptors (Lipinski definition) is 3. The lowest BCUT2D eigenvalue weighted by Gasteiger charge is -2.07. The molecule has 0 aliphatic heterocycles. The Labute approximate surface area is 108 Å². The van der Waals surface area contributed by atoms with Gasteiger partial charge in [0, 0.05) is 25.5 Å². The highest BCUT2D eigenvalue weighted by Crippen LogP contribution is 2.16. The average Bonchev–Trinajstić information content (AvgIpc) is 2.66. The molecule has 2 rings (SSSR count). The van der Waals surface area contributed by atoms with E-state index in [2.05, 4.69) is 28.6 Å². The minimum absolute atomic E-state index is 0.294. The summed E-state index contributed by atoms with van der Waals surface area (Å²) in [5.41, 5.74) is 2.27. The molecule has 18 heavy (non-hydrogen) atoms. The fourth-order valence-corrected chi connectivity index (χ4v) is 1.99. The maximum absolute atomic E-state index is 5.48. The van der Waals surface area contributed by atoms with Crippen molar-refractivity contribution in [2.24, 2.45) is 7.05 Å². The first-order valence-corrected chi connectivity index (χ1v) is 6.41. The van der Waals surface area contributed by atoms with Crippen molar-refractivity contribution in [1.29, 1.82) is 0 Å². The van der Waals surface area contributed by atoms with Crippen LogP contribution in [0.5, 0.6) is 0 Å². The molecule has 0 aliphatic rings. The number of aryl methyl sites for hydroxylation is 1. The van der Waals surface area contributed by atoms with Gasteiger partial charge in [-0.2, -0.15) is 5.10 Å². The van der Waals surface area contributed by atoms with E-state index < -0.39 is 0 Å². The van der Waals surface area contributed by atoms with Crippen molar-refractivity contribution in [1.82, 2.24) is 15.1 Å². The summed E-state index contributed by atoms with van der Waals surface area (Å²) in [6, 6.07) is 8.30. The number of benzene rings is 1. The molecule has 0 saturated heterocycles. The topological polar surface area (TPSA) is 39.1 Å². The molecule has 98 valence electrons. The predicted octanol–water partition coefficient (Wildman–Crippen LogP) is 2.09. The molecule has 0 aliphatic carbocycles. The Bertz CT molecular complexity index is 505. The Morgan fingerprint density at radius 1 is 1.33 bits per heavy atom. The normalized spacial score (nSPS) is 11.6. The summed E-state index contributed by atoms with van der Waals surface area (Å²) >= 11 is 0. The molecule has 0 atom stereocenters. The van der Waals surface area contributed by atoms with Gasteiger partial charge in [-0.3, -0.25) is 4.68 Å². The number of hydrogen-bond donors (Lipinski definition) is 1. The van der Waals surface area contributed by atoms with E-state index in [1.807, 2.05) is 31.6 Å². The maximum atomic E-state index is 5.48. The van der Waals surface area contributed by atoms with Crippen LogP contribution in [-0.4, -0.2) is 29.0 Å². The maximum Gasteiger partial charge on any atom is 0.0841 e. The Hall–Kier alpha value is -1.39. The van der Waals surface area contributed by atoms with Crippen LogP contribution in [-0.2, 0) is 18.3 Å². The van der Waals surface area contributed by atoms with E-state index in [4.69, 9.17) is 4.74 Å². The lowest BCUT2D eigenvalue weighted by molar-refractivity contribution is 0.0807. The van der Waals surface area contributed by atoms with Crippen molar-refractivity contribution in [3.8, 4) is 0 Å². The van der Waals surface area contributed by atoms with Crippen molar-refractivity contribution >= 4 is 10.9 Å². The Morgan fingerprint density at radius 2 is 2.11 bits per heavy atom. The standard InChI is InChI=1S/C14H21N3O/c1-11(2)18-9-8-15-10-13-12-6-4-5-7-14(12)17(3)16-13/h4-7,11,15H,8-10H2,1-3H3. The predicted molar refractivity (Wildman–Crippen MR) is 73.5 cm³/mol. The van der Waals surface area contributed by atoms with Crippen LogP contribution in [0.1, 0.15) is 19.5 Å². The van der Waals surface area contributed by atoms with E-state index in [0.717, 1.165) is 25.4 Å². The van der Waals surface area contributed by atoms with Gasteiger partial charge in [-0.15, -0.1) is 0 Å². The number of fused-ring (bicyclic) bond motifs is 1. The molecule has 1 N–H and O–H groups in total. The molecule has 0 unspecified atom stereocenters. The van der Waals surface area contributed by atoms with E-state index in [1.165, 1.54) is 10.9 Å². The molecular weight excluding hydrogens is 226 g/mol. The van der Waals surface area contributed by atoms with Crippen molar-refractivity contribution in [3.63, 3.8) is 0 Å². The smallest absolute Gasteiger partial charge is 0.0841 e. The van der Waals surface area contributed by atoms with Crippen LogP contribution in [0.15, 0.2) is 24.3 Å². The zero-order valence-corrected chi connectivity index (χ0v) is 11.3. The Balaban J connectivity index is 1.92. The quantitative estimate of drug-likeness (QED) is 0.794. The van der Waals surface area contributed by atoms with Crippen molar-refractivity contribution < 1.29 is 4.74 Å². The minimum Gasteiger partial charge on any atom is -0.377 e. The van der Waals surface area contributed by atoms with E-state index in [-0.39, 0.29) is 0 Å². The molecule has 4 nitrogen and oxygen atoms in total. The van der Waals surface area contributed by atoms with Gasteiger partial charge in [-0.1, -0.05) is 18.2 Å². The molecule has 1 aromatic carbocycles. The van der Waals surface area contributed by atoms with E-state index >= 15 is 0 Å². The molecule has 0 spiro atoms. The van der Waals surface area contributed by atoms with E-state index in [9.17, 15) is 0 Å². The SMILES string of the molecule is CC(C)OCCNCc1nn(C)c2ccccc12. The van der Waals surface area contributed by atoms with E-state index in [0.29, 0.717) is 6.10 Å². The summed E-state index contributed by atoms with van der Waals surface area (Å²) in [5.74, 6) is 0. The molecule has 0 bridgehead atoms. The van der Waals surface area contributed by atoms with Crippen LogP contribution in [0.3, 0.4) is 0 Å². The molecule has 0 radical (unpaired) electrons. The van der Waals surface area contributed by atoms with Gasteiger partial charge >= 0.3 is 0 Å².